The molecule has 0 aliphatic heterocycles. The Kier molecular flexibility index (Phi) is 3.60. The fourth-order valence-corrected chi connectivity index (χ4v) is 2.70. The molecule has 1 unspecified atom stereocenters. The van der Waals surface area contributed by atoms with Crippen molar-refractivity contribution in [2.24, 2.45) is 0 Å². The maximum absolute atomic E-state index is 13.5. The summed E-state index contributed by atoms with van der Waals surface area (Å²) in [6.07, 6.45) is 1.88. The van der Waals surface area contributed by atoms with E-state index in [1.165, 1.54) is 17.7 Å². The number of nitrogen functional groups attached to an aromatic ring is 1. The molecule has 0 amide bonds. The lowest BCUT2D eigenvalue weighted by Crippen LogP contribution is -2.10. The standard InChI is InChI=1S/C17H18FN3/c1-12(7-8-13-5-3-2-4-6-13)21-16-11-14(18)9-10-15(16)20-17(21)19/h2-6,9-12H,7-8H2,1H3,(H2,19,20). The Hall–Kier alpha value is -2.36. The monoisotopic (exact) mass is 283 g/mol. The fourth-order valence-electron chi connectivity index (χ4n) is 2.70. The Morgan fingerprint density at radius 2 is 1.95 bits per heavy atom. The minimum Gasteiger partial charge on any atom is -0.369 e. The molecule has 3 nitrogen and oxygen atoms in total. The summed E-state index contributed by atoms with van der Waals surface area (Å²) in [4.78, 5) is 4.30. The second-order valence-corrected chi connectivity index (χ2v) is 5.35. The summed E-state index contributed by atoms with van der Waals surface area (Å²) in [6.45, 7) is 2.09. The van der Waals surface area contributed by atoms with E-state index in [2.05, 4.69) is 24.0 Å². The number of nitrogens with two attached hydrogens (primary N) is 1. The Bertz CT molecular complexity index is 749. The van der Waals surface area contributed by atoms with Crippen molar-refractivity contribution in [3.05, 3.63) is 59.9 Å². The molecule has 0 fully saturated rings. The third-order valence-electron chi connectivity index (χ3n) is 3.81. The van der Waals surface area contributed by atoms with Crippen molar-refractivity contribution in [1.29, 1.82) is 0 Å². The average molecular weight is 283 g/mol. The number of aryl methyl sites for hydroxylation is 1. The molecule has 0 spiro atoms. The molecule has 2 N–H and O–H groups in total. The van der Waals surface area contributed by atoms with E-state index in [1.54, 1.807) is 6.07 Å². The first-order chi connectivity index (χ1) is 10.1. The van der Waals surface area contributed by atoms with Crippen LogP contribution in [0.15, 0.2) is 48.5 Å². The van der Waals surface area contributed by atoms with E-state index in [0.29, 0.717) is 5.95 Å². The summed E-state index contributed by atoms with van der Waals surface area (Å²) in [7, 11) is 0. The predicted molar refractivity (Wildman–Crippen MR) is 83.6 cm³/mol. The highest BCUT2D eigenvalue weighted by molar-refractivity contribution is 5.78. The fraction of sp³-hybridized carbons (Fsp3) is 0.235. The zero-order chi connectivity index (χ0) is 14.8. The summed E-state index contributed by atoms with van der Waals surface area (Å²) >= 11 is 0. The highest BCUT2D eigenvalue weighted by atomic mass is 19.1. The Balaban J connectivity index is 1.85. The van der Waals surface area contributed by atoms with Gasteiger partial charge in [-0.1, -0.05) is 30.3 Å². The van der Waals surface area contributed by atoms with Gasteiger partial charge in [0.25, 0.3) is 0 Å². The first kappa shape index (κ1) is 13.6. The van der Waals surface area contributed by atoms with E-state index in [0.717, 1.165) is 23.9 Å². The van der Waals surface area contributed by atoms with Gasteiger partial charge in [0.05, 0.1) is 11.0 Å². The SMILES string of the molecule is CC(CCc1ccccc1)n1c(N)nc2ccc(F)cc21. The summed E-state index contributed by atoms with van der Waals surface area (Å²) in [5.74, 6) is 0.176. The summed E-state index contributed by atoms with van der Waals surface area (Å²) in [6, 6.07) is 15.1. The van der Waals surface area contributed by atoms with Crippen molar-refractivity contribution in [1.82, 2.24) is 9.55 Å². The van der Waals surface area contributed by atoms with Gasteiger partial charge in [-0.25, -0.2) is 9.37 Å². The van der Waals surface area contributed by atoms with Gasteiger partial charge < -0.3 is 10.3 Å². The molecular weight excluding hydrogens is 265 g/mol. The number of hydrogen-bond acceptors (Lipinski definition) is 2. The normalized spacial score (nSPS) is 12.7. The second kappa shape index (κ2) is 5.56. The Labute approximate surface area is 123 Å². The predicted octanol–water partition coefficient (Wildman–Crippen LogP) is 3.95. The number of imidazole rings is 1. The summed E-state index contributed by atoms with van der Waals surface area (Å²) in [5.41, 5.74) is 8.79. The lowest BCUT2D eigenvalue weighted by Gasteiger charge is -2.16. The molecule has 3 rings (SSSR count). The van der Waals surface area contributed by atoms with Gasteiger partial charge >= 0.3 is 0 Å². The highest BCUT2D eigenvalue weighted by Crippen LogP contribution is 2.26. The molecule has 108 valence electrons. The van der Waals surface area contributed by atoms with Gasteiger partial charge in [0.1, 0.15) is 5.82 Å². The van der Waals surface area contributed by atoms with Crippen LogP contribution in [0.5, 0.6) is 0 Å². The van der Waals surface area contributed by atoms with Gasteiger partial charge in [-0.2, -0.15) is 0 Å². The van der Waals surface area contributed by atoms with Crippen LogP contribution in [0.4, 0.5) is 10.3 Å². The molecule has 0 bridgehead atoms. The number of hydrogen-bond donors (Lipinski definition) is 1. The lowest BCUT2D eigenvalue weighted by atomic mass is 10.1. The van der Waals surface area contributed by atoms with Crippen LogP contribution in [0, 0.1) is 5.82 Å². The van der Waals surface area contributed by atoms with E-state index in [9.17, 15) is 4.39 Å². The van der Waals surface area contributed by atoms with Crippen molar-refractivity contribution in [2.75, 3.05) is 5.73 Å². The Morgan fingerprint density at radius 1 is 1.19 bits per heavy atom. The van der Waals surface area contributed by atoms with E-state index in [1.807, 2.05) is 22.8 Å². The number of rotatable bonds is 4. The number of benzene rings is 2. The Morgan fingerprint density at radius 3 is 2.71 bits per heavy atom. The minimum absolute atomic E-state index is 0.164. The molecular formula is C17H18FN3. The number of fused-ring (bicyclic) bond motifs is 1. The molecule has 0 aliphatic carbocycles. The van der Waals surface area contributed by atoms with E-state index >= 15 is 0 Å². The van der Waals surface area contributed by atoms with E-state index in [4.69, 9.17) is 5.73 Å². The highest BCUT2D eigenvalue weighted by Gasteiger charge is 2.14. The molecule has 0 saturated carbocycles. The van der Waals surface area contributed by atoms with Crippen LogP contribution >= 0.6 is 0 Å². The number of halogens is 1. The quantitative estimate of drug-likeness (QED) is 0.788. The number of anilines is 1. The smallest absolute Gasteiger partial charge is 0.201 e. The maximum atomic E-state index is 13.5. The van der Waals surface area contributed by atoms with Crippen molar-refractivity contribution in [3.63, 3.8) is 0 Å². The van der Waals surface area contributed by atoms with Gasteiger partial charge in [-0.05, 0) is 43.5 Å². The number of nitrogens with zero attached hydrogens (tertiary/aromatic N) is 2. The van der Waals surface area contributed by atoms with Crippen LogP contribution < -0.4 is 5.73 Å². The first-order valence-corrected chi connectivity index (χ1v) is 7.12. The molecule has 1 aromatic heterocycles. The van der Waals surface area contributed by atoms with Crippen LogP contribution in [0.1, 0.15) is 24.9 Å². The first-order valence-electron chi connectivity index (χ1n) is 7.12. The van der Waals surface area contributed by atoms with E-state index < -0.39 is 0 Å². The summed E-state index contributed by atoms with van der Waals surface area (Å²) < 4.78 is 15.4. The zero-order valence-electron chi connectivity index (χ0n) is 12.0. The molecule has 0 saturated heterocycles. The number of aromatic nitrogens is 2. The van der Waals surface area contributed by atoms with Crippen LogP contribution in [0.2, 0.25) is 0 Å². The van der Waals surface area contributed by atoms with Crippen LogP contribution in [0.3, 0.4) is 0 Å². The molecule has 2 aromatic carbocycles. The topological polar surface area (TPSA) is 43.8 Å². The van der Waals surface area contributed by atoms with Crippen LogP contribution in [0.25, 0.3) is 11.0 Å². The van der Waals surface area contributed by atoms with E-state index in [-0.39, 0.29) is 11.9 Å². The molecule has 3 aromatic rings. The van der Waals surface area contributed by atoms with Crippen molar-refractivity contribution < 1.29 is 4.39 Å². The molecule has 1 atom stereocenters. The average Bonchev–Trinajstić information content (AvgIpc) is 2.81. The van der Waals surface area contributed by atoms with Gasteiger partial charge in [-0.15, -0.1) is 0 Å². The summed E-state index contributed by atoms with van der Waals surface area (Å²) in [5, 5.41) is 0. The second-order valence-electron chi connectivity index (χ2n) is 5.35. The minimum atomic E-state index is -0.265. The van der Waals surface area contributed by atoms with Gasteiger partial charge in [-0.3, -0.25) is 0 Å². The van der Waals surface area contributed by atoms with Crippen LogP contribution in [-0.2, 0) is 6.42 Å². The van der Waals surface area contributed by atoms with Gasteiger partial charge in [0, 0.05) is 6.04 Å². The third kappa shape index (κ3) is 2.75. The van der Waals surface area contributed by atoms with Crippen molar-refractivity contribution in [2.45, 2.75) is 25.8 Å². The molecule has 1 heterocycles. The van der Waals surface area contributed by atoms with Gasteiger partial charge in [0.2, 0.25) is 5.95 Å². The van der Waals surface area contributed by atoms with Crippen molar-refractivity contribution >= 4 is 17.0 Å². The van der Waals surface area contributed by atoms with Gasteiger partial charge in [0.15, 0.2) is 0 Å². The van der Waals surface area contributed by atoms with Crippen molar-refractivity contribution in [3.8, 4) is 0 Å². The molecule has 0 radical (unpaired) electrons. The maximum Gasteiger partial charge on any atom is 0.201 e. The third-order valence-corrected chi connectivity index (χ3v) is 3.81. The molecule has 4 heteroatoms. The molecule has 21 heavy (non-hydrogen) atoms. The lowest BCUT2D eigenvalue weighted by molar-refractivity contribution is 0.524. The van der Waals surface area contributed by atoms with Crippen LogP contribution in [-0.4, -0.2) is 9.55 Å². The molecule has 0 aliphatic rings. The zero-order valence-corrected chi connectivity index (χ0v) is 12.0. The largest absolute Gasteiger partial charge is 0.369 e.